The van der Waals surface area contributed by atoms with Crippen molar-refractivity contribution in [2.45, 2.75) is 23.4 Å². The van der Waals surface area contributed by atoms with E-state index in [4.69, 9.17) is 27.4 Å². The molecule has 5 rings (SSSR count). The monoisotopic (exact) mass is 427 g/mol. The molecule has 0 aromatic carbocycles. The third-order valence-electron chi connectivity index (χ3n) is 4.79. The molecule has 3 N–H and O–H groups in total. The summed E-state index contributed by atoms with van der Waals surface area (Å²) in [6, 6.07) is 1.93. The number of hydrogen-bond donors (Lipinski definition) is 2. The number of nitrogens with two attached hydrogens (primary N) is 1. The molecule has 0 amide bonds. The van der Waals surface area contributed by atoms with Gasteiger partial charge in [0.05, 0.1) is 17.1 Å². The molecule has 0 radical (unpaired) electrons. The summed E-state index contributed by atoms with van der Waals surface area (Å²) >= 11 is 8.07. The number of hydrogen-bond acceptors (Lipinski definition) is 9. The van der Waals surface area contributed by atoms with E-state index in [1.165, 1.54) is 11.8 Å². The number of nitrogens with one attached hydrogen (secondary N) is 1. The number of aromatic amines is 1. The van der Waals surface area contributed by atoms with Crippen LogP contribution in [0.3, 0.4) is 0 Å². The molecule has 0 aliphatic carbocycles. The lowest BCUT2D eigenvalue weighted by atomic mass is 10.3. The highest BCUT2D eigenvalue weighted by molar-refractivity contribution is 7.99. The summed E-state index contributed by atoms with van der Waals surface area (Å²) in [6.07, 6.45) is 5.82. The first-order chi connectivity index (χ1) is 14.1. The maximum absolute atomic E-state index is 6.64. The van der Waals surface area contributed by atoms with Crippen LogP contribution in [0, 0.1) is 0 Å². The minimum Gasteiger partial charge on any atom is -0.342 e. The van der Waals surface area contributed by atoms with E-state index >= 15 is 0 Å². The zero-order chi connectivity index (χ0) is 20.0. The van der Waals surface area contributed by atoms with Crippen molar-refractivity contribution >= 4 is 51.4 Å². The van der Waals surface area contributed by atoms with Crippen molar-refractivity contribution < 1.29 is 0 Å². The molecule has 5 heterocycles. The number of pyridine rings is 1. The summed E-state index contributed by atoms with van der Waals surface area (Å²) in [7, 11) is 0. The van der Waals surface area contributed by atoms with Gasteiger partial charge in [-0.3, -0.25) is 10.8 Å². The smallest absolute Gasteiger partial charge is 0.196 e. The molecule has 0 atom stereocenters. The lowest BCUT2D eigenvalue weighted by Gasteiger charge is -2.18. The minimum atomic E-state index is 0.590. The van der Waals surface area contributed by atoms with Crippen LogP contribution in [0.4, 0.5) is 5.82 Å². The first kappa shape index (κ1) is 18.5. The molecular formula is C18H18ClN9S. The molecule has 9 nitrogen and oxygen atoms in total. The Morgan fingerprint density at radius 1 is 1.21 bits per heavy atom. The van der Waals surface area contributed by atoms with Gasteiger partial charge in [0.1, 0.15) is 17.0 Å². The lowest BCUT2D eigenvalue weighted by molar-refractivity contribution is 0.357. The average Bonchev–Trinajstić information content (AvgIpc) is 3.30. The van der Waals surface area contributed by atoms with E-state index in [2.05, 4.69) is 31.8 Å². The van der Waals surface area contributed by atoms with Crippen LogP contribution in [-0.4, -0.2) is 54.7 Å². The molecule has 1 fully saturated rings. The van der Waals surface area contributed by atoms with Gasteiger partial charge in [0, 0.05) is 42.3 Å². The van der Waals surface area contributed by atoms with E-state index in [0.717, 1.165) is 52.5 Å². The number of aromatic nitrogens is 6. The number of hydrazine groups is 1. The summed E-state index contributed by atoms with van der Waals surface area (Å²) in [4.78, 5) is 28.8. The Hall–Kier alpha value is -2.53. The molecule has 0 spiro atoms. The third kappa shape index (κ3) is 3.38. The first-order valence-corrected chi connectivity index (χ1v) is 10.4. The van der Waals surface area contributed by atoms with Gasteiger partial charge in [0.2, 0.25) is 0 Å². The highest BCUT2D eigenvalue weighted by atomic mass is 35.5. The fraction of sp³-hybridized carbons (Fsp3) is 0.278. The summed E-state index contributed by atoms with van der Waals surface area (Å²) in [5.74, 6) is 6.76. The van der Waals surface area contributed by atoms with Crippen LogP contribution in [-0.2, 0) is 6.42 Å². The Morgan fingerprint density at radius 3 is 2.86 bits per heavy atom. The zero-order valence-electron chi connectivity index (χ0n) is 15.6. The van der Waals surface area contributed by atoms with Gasteiger partial charge < -0.3 is 9.88 Å². The maximum Gasteiger partial charge on any atom is 0.196 e. The van der Waals surface area contributed by atoms with Gasteiger partial charge in [-0.2, -0.15) is 0 Å². The quantitative estimate of drug-likeness (QED) is 0.374. The largest absolute Gasteiger partial charge is 0.342 e. The summed E-state index contributed by atoms with van der Waals surface area (Å²) in [6.45, 7) is 4.19. The second-order valence-electron chi connectivity index (χ2n) is 6.71. The van der Waals surface area contributed by atoms with Crippen LogP contribution < -0.4 is 10.7 Å². The molecule has 4 aromatic rings. The van der Waals surface area contributed by atoms with Crippen LogP contribution in [0.1, 0.15) is 12.6 Å². The topological polar surface area (TPSA) is 113 Å². The predicted octanol–water partition coefficient (Wildman–Crippen LogP) is 2.62. The Balaban J connectivity index is 1.59. The minimum absolute atomic E-state index is 0.590. The molecule has 11 heteroatoms. The number of rotatable bonds is 4. The van der Waals surface area contributed by atoms with Gasteiger partial charge in [-0.05, 0) is 24.2 Å². The predicted molar refractivity (Wildman–Crippen MR) is 113 cm³/mol. The first-order valence-electron chi connectivity index (χ1n) is 9.19. The Bertz CT molecular complexity index is 1210. The van der Waals surface area contributed by atoms with Gasteiger partial charge in [0.15, 0.2) is 10.8 Å². The van der Waals surface area contributed by atoms with Crippen LogP contribution in [0.15, 0.2) is 34.7 Å². The van der Waals surface area contributed by atoms with E-state index in [0.29, 0.717) is 22.5 Å². The molecule has 4 aromatic heterocycles. The molecule has 1 saturated heterocycles. The molecule has 148 valence electrons. The lowest BCUT2D eigenvalue weighted by Crippen LogP contribution is -2.31. The number of fused-ring (bicyclic) bond motifs is 2. The van der Waals surface area contributed by atoms with Crippen molar-refractivity contribution in [3.05, 3.63) is 35.4 Å². The Morgan fingerprint density at radius 2 is 2.07 bits per heavy atom. The van der Waals surface area contributed by atoms with Crippen LogP contribution in [0.5, 0.6) is 0 Å². The van der Waals surface area contributed by atoms with E-state index in [1.807, 2.05) is 6.07 Å². The number of halogens is 1. The summed E-state index contributed by atoms with van der Waals surface area (Å²) in [5.41, 5.74) is 3.01. The fourth-order valence-corrected chi connectivity index (χ4v) is 4.48. The van der Waals surface area contributed by atoms with E-state index < -0.39 is 0 Å². The highest BCUT2D eigenvalue weighted by Gasteiger charge is 2.25. The molecule has 1 aliphatic rings. The van der Waals surface area contributed by atoms with E-state index in [-0.39, 0.29) is 0 Å². The van der Waals surface area contributed by atoms with Crippen molar-refractivity contribution in [2.75, 3.05) is 24.7 Å². The summed E-state index contributed by atoms with van der Waals surface area (Å²) in [5, 5.41) is 3.87. The molecular weight excluding hydrogens is 410 g/mol. The van der Waals surface area contributed by atoms with Gasteiger partial charge in [-0.1, -0.05) is 18.5 Å². The number of nitrogens with zero attached hydrogens (tertiary/aromatic N) is 7. The molecule has 0 unspecified atom stereocenters. The van der Waals surface area contributed by atoms with Crippen molar-refractivity contribution in [3.63, 3.8) is 0 Å². The van der Waals surface area contributed by atoms with E-state index in [9.17, 15) is 0 Å². The molecule has 1 aliphatic heterocycles. The maximum atomic E-state index is 6.64. The van der Waals surface area contributed by atoms with Gasteiger partial charge in [0.25, 0.3) is 0 Å². The van der Waals surface area contributed by atoms with Crippen molar-refractivity contribution in [3.8, 4) is 0 Å². The standard InChI is InChI=1S/C18H18ClN9S/c1-2-11-14(19)13-16(24-11)25-18(26-17(13)27-5-6-28(20)9-27)29-10-7-12-15(23-8-10)22-4-3-21-12/h3-4,7-8H,2,5-6,9,20H2,1H3,(H,24,25,26). The van der Waals surface area contributed by atoms with Gasteiger partial charge in [-0.15, -0.1) is 0 Å². The Kier molecular flexibility index (Phi) is 4.70. The second kappa shape index (κ2) is 7.38. The number of anilines is 1. The van der Waals surface area contributed by atoms with Crippen LogP contribution in [0.2, 0.25) is 5.02 Å². The summed E-state index contributed by atoms with van der Waals surface area (Å²) < 4.78 is 0. The van der Waals surface area contributed by atoms with Crippen LogP contribution >= 0.6 is 23.4 Å². The van der Waals surface area contributed by atoms with Gasteiger partial charge in [-0.25, -0.2) is 24.9 Å². The molecule has 29 heavy (non-hydrogen) atoms. The van der Waals surface area contributed by atoms with Crippen molar-refractivity contribution in [1.82, 2.24) is 34.9 Å². The van der Waals surface area contributed by atoms with Gasteiger partial charge >= 0.3 is 0 Å². The van der Waals surface area contributed by atoms with Crippen molar-refractivity contribution in [2.24, 2.45) is 5.84 Å². The number of aryl methyl sites for hydroxylation is 1. The molecule has 0 bridgehead atoms. The fourth-order valence-electron chi connectivity index (χ4n) is 3.37. The zero-order valence-corrected chi connectivity index (χ0v) is 17.2. The normalized spacial score (nSPS) is 15.1. The average molecular weight is 428 g/mol. The Labute approximate surface area is 175 Å². The van der Waals surface area contributed by atoms with E-state index in [1.54, 1.807) is 23.6 Å². The SMILES string of the molecule is CCc1[nH]c2nc(Sc3cnc4nccnc4c3)nc(N3CCN(N)C3)c2c1Cl. The van der Waals surface area contributed by atoms with Crippen molar-refractivity contribution in [1.29, 1.82) is 0 Å². The van der Waals surface area contributed by atoms with Crippen LogP contribution in [0.25, 0.3) is 22.2 Å². The molecule has 0 saturated carbocycles. The second-order valence-corrected chi connectivity index (χ2v) is 8.13. The number of H-pyrrole nitrogens is 1. The highest BCUT2D eigenvalue weighted by Crippen LogP contribution is 2.37. The third-order valence-corrected chi connectivity index (χ3v) is 6.04.